The molecule has 0 saturated carbocycles. The van der Waals surface area contributed by atoms with Crippen molar-refractivity contribution in [3.8, 4) is 0 Å². The van der Waals surface area contributed by atoms with Gasteiger partial charge in [0.15, 0.2) is 0 Å². The molecule has 1 saturated heterocycles. The largest absolute Gasteiger partial charge is 0.325 e. The van der Waals surface area contributed by atoms with E-state index in [0.717, 1.165) is 48.7 Å². The fourth-order valence-electron chi connectivity index (χ4n) is 3.53. The Morgan fingerprint density at radius 1 is 1.00 bits per heavy atom. The van der Waals surface area contributed by atoms with Crippen molar-refractivity contribution in [1.29, 1.82) is 0 Å². The van der Waals surface area contributed by atoms with Crippen LogP contribution in [0.1, 0.15) is 18.1 Å². The van der Waals surface area contributed by atoms with Gasteiger partial charge < -0.3 is 10.6 Å². The van der Waals surface area contributed by atoms with Gasteiger partial charge in [0, 0.05) is 42.6 Å². The van der Waals surface area contributed by atoms with E-state index in [-0.39, 0.29) is 17.9 Å². The number of carbonyl (C=O) groups is 2. The van der Waals surface area contributed by atoms with Crippen molar-refractivity contribution in [2.24, 2.45) is 0 Å². The van der Waals surface area contributed by atoms with E-state index < -0.39 is 0 Å². The van der Waals surface area contributed by atoms with Crippen LogP contribution in [0.2, 0.25) is 5.02 Å². The van der Waals surface area contributed by atoms with Crippen molar-refractivity contribution >= 4 is 34.8 Å². The minimum Gasteiger partial charge on any atom is -0.325 e. The summed E-state index contributed by atoms with van der Waals surface area (Å²) in [4.78, 5) is 29.3. The summed E-state index contributed by atoms with van der Waals surface area (Å²) in [5, 5.41) is 6.58. The molecule has 0 radical (unpaired) electrons. The molecule has 1 heterocycles. The van der Waals surface area contributed by atoms with Crippen LogP contribution < -0.4 is 10.6 Å². The summed E-state index contributed by atoms with van der Waals surface area (Å²) < 4.78 is 0. The van der Waals surface area contributed by atoms with Gasteiger partial charge in [0.25, 0.3) is 0 Å². The number of nitrogens with zero attached hydrogens (tertiary/aromatic N) is 2. The molecule has 1 fully saturated rings. The Morgan fingerprint density at radius 2 is 1.67 bits per heavy atom. The predicted octanol–water partition coefficient (Wildman–Crippen LogP) is 3.54. The first-order valence-corrected chi connectivity index (χ1v) is 10.6. The summed E-state index contributed by atoms with van der Waals surface area (Å²) in [6.45, 7) is 9.30. The Bertz CT molecular complexity index is 893. The highest BCUT2D eigenvalue weighted by molar-refractivity contribution is 6.30. The van der Waals surface area contributed by atoms with E-state index in [4.69, 9.17) is 11.6 Å². The standard InChI is InChI=1S/C23H29ClN4O2/c1-16-5-4-6-21(17(16)2)26-22(29)15-27-11-13-28(14-12-27)18(3)23(30)25-20-9-7-19(24)8-10-20/h4-10,18H,11-15H2,1-3H3,(H,25,30)(H,26,29). The molecule has 1 aliphatic rings. The van der Waals surface area contributed by atoms with Crippen molar-refractivity contribution in [3.05, 3.63) is 58.6 Å². The maximum Gasteiger partial charge on any atom is 0.241 e. The van der Waals surface area contributed by atoms with E-state index in [1.54, 1.807) is 24.3 Å². The molecule has 0 spiro atoms. The highest BCUT2D eigenvalue weighted by atomic mass is 35.5. The third kappa shape index (κ3) is 5.81. The first-order chi connectivity index (χ1) is 14.3. The minimum absolute atomic E-state index is 0.00863. The maximum absolute atomic E-state index is 12.6. The molecule has 0 aliphatic carbocycles. The van der Waals surface area contributed by atoms with Gasteiger partial charge in [-0.1, -0.05) is 23.7 Å². The highest BCUT2D eigenvalue weighted by Gasteiger charge is 2.26. The molecule has 2 aromatic rings. The lowest BCUT2D eigenvalue weighted by Gasteiger charge is -2.37. The number of hydrogen-bond acceptors (Lipinski definition) is 4. The van der Waals surface area contributed by atoms with Crippen LogP contribution in [-0.4, -0.2) is 60.4 Å². The van der Waals surface area contributed by atoms with Crippen molar-refractivity contribution in [3.63, 3.8) is 0 Å². The van der Waals surface area contributed by atoms with Gasteiger partial charge in [-0.25, -0.2) is 0 Å². The first kappa shape index (κ1) is 22.3. The van der Waals surface area contributed by atoms with Crippen LogP contribution in [0.3, 0.4) is 0 Å². The number of benzene rings is 2. The summed E-state index contributed by atoms with van der Waals surface area (Å²) in [6, 6.07) is 12.8. The maximum atomic E-state index is 12.6. The molecule has 0 aromatic heterocycles. The SMILES string of the molecule is Cc1cccc(NC(=O)CN2CCN(C(C)C(=O)Nc3ccc(Cl)cc3)CC2)c1C. The zero-order valence-corrected chi connectivity index (χ0v) is 18.5. The zero-order chi connectivity index (χ0) is 21.7. The second-order valence-corrected chi connectivity index (χ2v) is 8.22. The van der Waals surface area contributed by atoms with Crippen molar-refractivity contribution in [1.82, 2.24) is 9.80 Å². The molecule has 2 aromatic carbocycles. The average molecular weight is 429 g/mol. The summed E-state index contributed by atoms with van der Waals surface area (Å²) in [6.07, 6.45) is 0. The van der Waals surface area contributed by atoms with E-state index in [9.17, 15) is 9.59 Å². The number of aryl methyl sites for hydroxylation is 1. The average Bonchev–Trinajstić information content (AvgIpc) is 2.73. The second kappa shape index (κ2) is 10.1. The summed E-state index contributed by atoms with van der Waals surface area (Å²) in [5.74, 6) is -0.0517. The molecule has 2 N–H and O–H groups in total. The third-order valence-corrected chi connectivity index (χ3v) is 5.94. The second-order valence-electron chi connectivity index (χ2n) is 7.78. The Labute approximate surface area is 183 Å². The zero-order valence-electron chi connectivity index (χ0n) is 17.7. The van der Waals surface area contributed by atoms with Crippen LogP contribution in [-0.2, 0) is 9.59 Å². The van der Waals surface area contributed by atoms with E-state index in [1.807, 2.05) is 39.0 Å². The van der Waals surface area contributed by atoms with Crippen molar-refractivity contribution in [2.45, 2.75) is 26.8 Å². The molecule has 30 heavy (non-hydrogen) atoms. The molecule has 1 aliphatic heterocycles. The molecule has 160 valence electrons. The van der Waals surface area contributed by atoms with E-state index in [0.29, 0.717) is 11.6 Å². The van der Waals surface area contributed by atoms with Gasteiger partial charge in [-0.05, 0) is 62.2 Å². The normalized spacial score (nSPS) is 16.1. The predicted molar refractivity (Wildman–Crippen MR) is 122 cm³/mol. The van der Waals surface area contributed by atoms with Gasteiger partial charge in [-0.15, -0.1) is 0 Å². The Morgan fingerprint density at radius 3 is 2.33 bits per heavy atom. The number of anilines is 2. The molecule has 6 nitrogen and oxygen atoms in total. The Kier molecular flexibility index (Phi) is 7.48. The molecule has 7 heteroatoms. The van der Waals surface area contributed by atoms with Crippen molar-refractivity contribution < 1.29 is 9.59 Å². The quantitative estimate of drug-likeness (QED) is 0.738. The summed E-state index contributed by atoms with van der Waals surface area (Å²) in [7, 11) is 0. The number of hydrogen-bond donors (Lipinski definition) is 2. The monoisotopic (exact) mass is 428 g/mol. The third-order valence-electron chi connectivity index (χ3n) is 5.69. The molecule has 1 atom stereocenters. The van der Waals surface area contributed by atoms with Gasteiger partial charge in [0.2, 0.25) is 11.8 Å². The molecule has 0 bridgehead atoms. The summed E-state index contributed by atoms with van der Waals surface area (Å²) in [5.41, 5.74) is 3.85. The topological polar surface area (TPSA) is 64.7 Å². The van der Waals surface area contributed by atoms with Crippen LogP contribution >= 0.6 is 11.6 Å². The Balaban J connectivity index is 1.45. The number of halogens is 1. The molecule has 2 amide bonds. The highest BCUT2D eigenvalue weighted by Crippen LogP contribution is 2.18. The number of carbonyl (C=O) groups excluding carboxylic acids is 2. The van der Waals surface area contributed by atoms with Crippen molar-refractivity contribution in [2.75, 3.05) is 43.4 Å². The fraction of sp³-hybridized carbons (Fsp3) is 0.391. The minimum atomic E-state index is -0.244. The fourth-order valence-corrected chi connectivity index (χ4v) is 3.66. The lowest BCUT2D eigenvalue weighted by atomic mass is 10.1. The number of amides is 2. The Hall–Kier alpha value is -2.41. The smallest absolute Gasteiger partial charge is 0.241 e. The van der Waals surface area contributed by atoms with Gasteiger partial charge >= 0.3 is 0 Å². The van der Waals surface area contributed by atoms with E-state index in [1.165, 1.54) is 0 Å². The van der Waals surface area contributed by atoms with E-state index >= 15 is 0 Å². The molecular weight excluding hydrogens is 400 g/mol. The van der Waals surface area contributed by atoms with Crippen LogP contribution in [0.4, 0.5) is 11.4 Å². The lowest BCUT2D eigenvalue weighted by molar-refractivity contribution is -0.122. The van der Waals surface area contributed by atoms with Gasteiger partial charge in [0.05, 0.1) is 12.6 Å². The van der Waals surface area contributed by atoms with Crippen LogP contribution in [0.25, 0.3) is 0 Å². The van der Waals surface area contributed by atoms with Crippen LogP contribution in [0.15, 0.2) is 42.5 Å². The number of piperazine rings is 1. The van der Waals surface area contributed by atoms with E-state index in [2.05, 4.69) is 20.4 Å². The summed E-state index contributed by atoms with van der Waals surface area (Å²) >= 11 is 5.89. The lowest BCUT2D eigenvalue weighted by Crippen LogP contribution is -2.53. The van der Waals surface area contributed by atoms with Gasteiger partial charge in [0.1, 0.15) is 0 Å². The number of rotatable bonds is 6. The molecule has 1 unspecified atom stereocenters. The number of nitrogens with one attached hydrogen (secondary N) is 2. The van der Waals surface area contributed by atoms with Gasteiger partial charge in [-0.3, -0.25) is 19.4 Å². The molecule has 3 rings (SSSR count). The molecular formula is C23H29ClN4O2. The first-order valence-electron chi connectivity index (χ1n) is 10.2. The van der Waals surface area contributed by atoms with Gasteiger partial charge in [-0.2, -0.15) is 0 Å². The van der Waals surface area contributed by atoms with Crippen LogP contribution in [0, 0.1) is 13.8 Å². The van der Waals surface area contributed by atoms with Crippen LogP contribution in [0.5, 0.6) is 0 Å².